The molecular formula is C33H27N5O5. The molecule has 1 saturated heterocycles. The molecule has 0 spiro atoms. The number of fused-ring (bicyclic) bond motifs is 1. The van der Waals surface area contributed by atoms with Gasteiger partial charge in [-0.2, -0.15) is 5.10 Å². The van der Waals surface area contributed by atoms with Crippen LogP contribution in [0.2, 0.25) is 0 Å². The standard InChI is InChI=1S/C33H27N5O5/c1-2-25-27(42-32(39)22-14-8-4-9-15-22)28(43-33(40)23-16-10-5-11-17-23)31(41-25)38-30-26(29(34)35-20-36-30)24(37-38)19-18-21-12-6-3-7-13-21/h3-17,20,25,27-28,31H,2H2,1H3,(H2,34,35,36)/t25-,27-,28?,31-/m1/s1. The normalized spacial score (nSPS) is 19.4. The van der Waals surface area contributed by atoms with Crippen molar-refractivity contribution in [2.75, 3.05) is 5.73 Å². The molecule has 0 aliphatic carbocycles. The number of rotatable bonds is 6. The Morgan fingerprint density at radius 1 is 0.837 bits per heavy atom. The highest BCUT2D eigenvalue weighted by Gasteiger charge is 2.51. The second-order valence-electron chi connectivity index (χ2n) is 9.81. The Labute approximate surface area is 247 Å². The molecule has 1 unspecified atom stereocenters. The highest BCUT2D eigenvalue weighted by atomic mass is 16.6. The molecule has 5 aromatic rings. The van der Waals surface area contributed by atoms with Crippen molar-refractivity contribution in [2.24, 2.45) is 0 Å². The second kappa shape index (κ2) is 12.1. The molecular weight excluding hydrogens is 546 g/mol. The fourth-order valence-electron chi connectivity index (χ4n) is 4.95. The van der Waals surface area contributed by atoms with Crippen LogP contribution in [0.15, 0.2) is 97.3 Å². The fourth-order valence-corrected chi connectivity index (χ4v) is 4.95. The van der Waals surface area contributed by atoms with E-state index in [1.807, 2.05) is 37.3 Å². The molecule has 10 heteroatoms. The van der Waals surface area contributed by atoms with E-state index >= 15 is 0 Å². The van der Waals surface area contributed by atoms with Crippen LogP contribution in [0.4, 0.5) is 5.82 Å². The van der Waals surface area contributed by atoms with Gasteiger partial charge < -0.3 is 19.9 Å². The summed E-state index contributed by atoms with van der Waals surface area (Å²) in [6.07, 6.45) is -1.90. The number of nitrogens with zero attached hydrogens (tertiary/aromatic N) is 4. The van der Waals surface area contributed by atoms with Gasteiger partial charge in [0.25, 0.3) is 0 Å². The van der Waals surface area contributed by atoms with Crippen LogP contribution in [0, 0.1) is 11.8 Å². The number of carbonyl (C=O) groups is 2. The number of ether oxygens (including phenoxy) is 3. The van der Waals surface area contributed by atoms with Crippen molar-refractivity contribution in [2.45, 2.75) is 37.9 Å². The minimum Gasteiger partial charge on any atom is -0.452 e. The summed E-state index contributed by atoms with van der Waals surface area (Å²) in [5, 5.41) is 5.15. The molecule has 0 amide bonds. The van der Waals surface area contributed by atoms with E-state index in [-0.39, 0.29) is 5.82 Å². The van der Waals surface area contributed by atoms with E-state index in [4.69, 9.17) is 25.0 Å². The van der Waals surface area contributed by atoms with Crippen LogP contribution in [0.3, 0.4) is 0 Å². The summed E-state index contributed by atoms with van der Waals surface area (Å²) in [6, 6.07) is 26.6. The Hall–Kier alpha value is -5.53. The summed E-state index contributed by atoms with van der Waals surface area (Å²) >= 11 is 0. The number of hydrogen-bond acceptors (Lipinski definition) is 9. The third-order valence-electron chi connectivity index (χ3n) is 7.05. The molecule has 3 heterocycles. The van der Waals surface area contributed by atoms with E-state index in [2.05, 4.69) is 21.8 Å². The number of esters is 2. The molecule has 3 aromatic carbocycles. The number of nitrogens with two attached hydrogens (primary N) is 1. The van der Waals surface area contributed by atoms with E-state index in [1.165, 1.54) is 11.0 Å². The first-order valence-electron chi connectivity index (χ1n) is 13.8. The van der Waals surface area contributed by atoms with Crippen molar-refractivity contribution < 1.29 is 23.8 Å². The molecule has 6 rings (SSSR count). The molecule has 1 aliphatic heterocycles. The van der Waals surface area contributed by atoms with Crippen LogP contribution in [-0.2, 0) is 14.2 Å². The Morgan fingerprint density at radius 3 is 2.02 bits per heavy atom. The third kappa shape index (κ3) is 5.66. The van der Waals surface area contributed by atoms with Gasteiger partial charge in [-0.1, -0.05) is 67.4 Å². The van der Waals surface area contributed by atoms with Crippen molar-refractivity contribution in [3.63, 3.8) is 0 Å². The fraction of sp³-hybridized carbons (Fsp3) is 0.182. The first-order chi connectivity index (χ1) is 21.0. The Balaban J connectivity index is 1.43. The third-order valence-corrected chi connectivity index (χ3v) is 7.05. The zero-order valence-electron chi connectivity index (χ0n) is 23.2. The topological polar surface area (TPSA) is 131 Å². The van der Waals surface area contributed by atoms with E-state index in [0.717, 1.165) is 5.56 Å². The Morgan fingerprint density at radius 2 is 1.42 bits per heavy atom. The quantitative estimate of drug-likeness (QED) is 0.229. The molecule has 1 aliphatic rings. The van der Waals surface area contributed by atoms with Gasteiger partial charge in [-0.05, 0) is 48.7 Å². The maximum atomic E-state index is 13.3. The molecule has 43 heavy (non-hydrogen) atoms. The zero-order chi connectivity index (χ0) is 29.8. The maximum absolute atomic E-state index is 13.3. The van der Waals surface area contributed by atoms with Gasteiger partial charge in [-0.25, -0.2) is 24.2 Å². The monoisotopic (exact) mass is 573 g/mol. The van der Waals surface area contributed by atoms with Crippen molar-refractivity contribution >= 4 is 28.8 Å². The van der Waals surface area contributed by atoms with Gasteiger partial charge in [0.1, 0.15) is 23.9 Å². The minimum atomic E-state index is -1.08. The largest absolute Gasteiger partial charge is 0.452 e. The minimum absolute atomic E-state index is 0.184. The summed E-state index contributed by atoms with van der Waals surface area (Å²) < 4.78 is 19.9. The lowest BCUT2D eigenvalue weighted by molar-refractivity contribution is -0.0542. The lowest BCUT2D eigenvalue weighted by Crippen LogP contribution is -2.39. The van der Waals surface area contributed by atoms with Crippen molar-refractivity contribution in [1.82, 2.24) is 19.7 Å². The zero-order valence-corrected chi connectivity index (χ0v) is 23.2. The summed E-state index contributed by atoms with van der Waals surface area (Å²) in [5.41, 5.74) is 8.41. The van der Waals surface area contributed by atoms with Crippen molar-refractivity contribution in [3.8, 4) is 11.8 Å². The SMILES string of the molecule is CC[C@H]1O[C@@H](n2nc(C#Cc3ccccc3)c3c(N)ncnc32)C(OC(=O)c2ccccc2)[C@@H]1OC(=O)c1ccccc1. The molecule has 0 saturated carbocycles. The molecule has 0 radical (unpaired) electrons. The number of benzene rings is 3. The summed E-state index contributed by atoms with van der Waals surface area (Å²) in [7, 11) is 0. The van der Waals surface area contributed by atoms with Gasteiger partial charge in [0.15, 0.2) is 24.1 Å². The van der Waals surface area contributed by atoms with Gasteiger partial charge in [-0.3, -0.25) is 0 Å². The average molecular weight is 574 g/mol. The number of anilines is 1. The van der Waals surface area contributed by atoms with Gasteiger partial charge in [0.2, 0.25) is 0 Å². The van der Waals surface area contributed by atoms with Crippen LogP contribution in [0.25, 0.3) is 11.0 Å². The number of carbonyl (C=O) groups excluding carboxylic acids is 2. The summed E-state index contributed by atoms with van der Waals surface area (Å²) in [6.45, 7) is 1.89. The molecule has 4 atom stereocenters. The Kier molecular flexibility index (Phi) is 7.80. The smallest absolute Gasteiger partial charge is 0.338 e. The van der Waals surface area contributed by atoms with Gasteiger partial charge in [0.05, 0.1) is 16.5 Å². The predicted molar refractivity (Wildman–Crippen MR) is 158 cm³/mol. The highest BCUT2D eigenvalue weighted by Crippen LogP contribution is 2.38. The van der Waals surface area contributed by atoms with Crippen LogP contribution < -0.4 is 5.73 Å². The summed E-state index contributed by atoms with van der Waals surface area (Å²) in [4.78, 5) is 35.1. The van der Waals surface area contributed by atoms with Crippen LogP contribution >= 0.6 is 0 Å². The first-order valence-corrected chi connectivity index (χ1v) is 13.8. The van der Waals surface area contributed by atoms with Crippen LogP contribution in [-0.4, -0.2) is 50.0 Å². The number of hydrogen-bond donors (Lipinski definition) is 1. The molecule has 2 aromatic heterocycles. The summed E-state index contributed by atoms with van der Waals surface area (Å²) in [5.74, 6) is 5.17. The van der Waals surface area contributed by atoms with E-state index < -0.39 is 36.5 Å². The van der Waals surface area contributed by atoms with Crippen molar-refractivity contribution in [3.05, 3.63) is 120 Å². The number of nitrogen functional groups attached to an aromatic ring is 1. The molecule has 0 bridgehead atoms. The maximum Gasteiger partial charge on any atom is 0.338 e. The van der Waals surface area contributed by atoms with Crippen LogP contribution in [0.5, 0.6) is 0 Å². The lowest BCUT2D eigenvalue weighted by atomic mass is 10.1. The van der Waals surface area contributed by atoms with Gasteiger partial charge in [0, 0.05) is 5.56 Å². The van der Waals surface area contributed by atoms with E-state index in [0.29, 0.717) is 34.3 Å². The predicted octanol–water partition coefficient (Wildman–Crippen LogP) is 4.57. The lowest BCUT2D eigenvalue weighted by Gasteiger charge is -2.24. The van der Waals surface area contributed by atoms with E-state index in [1.54, 1.807) is 60.7 Å². The average Bonchev–Trinajstić information content (AvgIpc) is 3.59. The molecule has 10 nitrogen and oxygen atoms in total. The Bertz CT molecular complexity index is 1820. The molecule has 214 valence electrons. The van der Waals surface area contributed by atoms with Gasteiger partial charge >= 0.3 is 11.9 Å². The second-order valence-corrected chi connectivity index (χ2v) is 9.81. The first kappa shape index (κ1) is 27.6. The van der Waals surface area contributed by atoms with Gasteiger partial charge in [-0.15, -0.1) is 0 Å². The van der Waals surface area contributed by atoms with Crippen molar-refractivity contribution in [1.29, 1.82) is 0 Å². The highest BCUT2D eigenvalue weighted by molar-refractivity contribution is 5.91. The molecule has 1 fully saturated rings. The molecule has 2 N–H and O–H groups in total. The number of aromatic nitrogens is 4. The van der Waals surface area contributed by atoms with Crippen LogP contribution in [0.1, 0.15) is 51.5 Å². The van der Waals surface area contributed by atoms with E-state index in [9.17, 15) is 9.59 Å².